The number of likely N-dealkylation sites (tertiary alicyclic amines) is 1. The molecule has 0 spiro atoms. The second kappa shape index (κ2) is 5.88. The SMILES string of the molecule is O=C(O)CCC1CCCN(C(=O)C2Cc3ccccc32)C1. The first-order valence-electron chi connectivity index (χ1n) is 7.73. The van der Waals surface area contributed by atoms with E-state index < -0.39 is 5.97 Å². The van der Waals surface area contributed by atoms with Crippen LogP contribution in [-0.2, 0) is 16.0 Å². The number of amides is 1. The number of hydrogen-bond donors (Lipinski definition) is 1. The maximum Gasteiger partial charge on any atom is 0.303 e. The van der Waals surface area contributed by atoms with Crippen molar-refractivity contribution in [1.29, 1.82) is 0 Å². The lowest BCUT2D eigenvalue weighted by Gasteiger charge is -2.38. The molecular weight excluding hydrogens is 266 g/mol. The molecule has 2 aliphatic rings. The smallest absolute Gasteiger partial charge is 0.303 e. The lowest BCUT2D eigenvalue weighted by molar-refractivity contribution is -0.137. The van der Waals surface area contributed by atoms with Crippen molar-refractivity contribution in [2.75, 3.05) is 13.1 Å². The van der Waals surface area contributed by atoms with Gasteiger partial charge in [0.15, 0.2) is 0 Å². The van der Waals surface area contributed by atoms with Crippen molar-refractivity contribution in [2.45, 2.75) is 38.0 Å². The first-order valence-corrected chi connectivity index (χ1v) is 7.73. The standard InChI is InChI=1S/C17H21NO3/c19-16(20)8-7-12-4-3-9-18(11-12)17(21)15-10-13-5-1-2-6-14(13)15/h1-2,5-6,12,15H,3-4,7-11H2,(H,19,20). The summed E-state index contributed by atoms with van der Waals surface area (Å²) in [5.74, 6) is -0.145. The summed E-state index contributed by atoms with van der Waals surface area (Å²) in [7, 11) is 0. The highest BCUT2D eigenvalue weighted by molar-refractivity contribution is 5.87. The van der Waals surface area contributed by atoms with Gasteiger partial charge in [0.1, 0.15) is 0 Å². The zero-order valence-corrected chi connectivity index (χ0v) is 12.1. The number of hydrogen-bond acceptors (Lipinski definition) is 2. The molecule has 1 amide bonds. The number of piperidine rings is 1. The Labute approximate surface area is 124 Å². The van der Waals surface area contributed by atoms with Gasteiger partial charge in [-0.2, -0.15) is 0 Å². The molecule has 0 saturated carbocycles. The highest BCUT2D eigenvalue weighted by Gasteiger charge is 2.36. The maximum atomic E-state index is 12.6. The highest BCUT2D eigenvalue weighted by Crippen LogP contribution is 2.37. The number of rotatable bonds is 4. The van der Waals surface area contributed by atoms with E-state index in [1.54, 1.807) is 0 Å². The van der Waals surface area contributed by atoms with Gasteiger partial charge >= 0.3 is 5.97 Å². The van der Waals surface area contributed by atoms with Gasteiger partial charge in [0.25, 0.3) is 0 Å². The third-order valence-electron chi connectivity index (χ3n) is 4.75. The third-order valence-corrected chi connectivity index (χ3v) is 4.75. The molecule has 112 valence electrons. The molecule has 0 aromatic heterocycles. The van der Waals surface area contributed by atoms with Crippen molar-refractivity contribution in [3.05, 3.63) is 35.4 Å². The molecule has 3 rings (SSSR count). The van der Waals surface area contributed by atoms with Crippen LogP contribution in [0.4, 0.5) is 0 Å². The number of nitrogens with zero attached hydrogens (tertiary/aromatic N) is 1. The molecule has 1 heterocycles. The van der Waals surface area contributed by atoms with Gasteiger partial charge in [0.2, 0.25) is 5.91 Å². The fraction of sp³-hybridized carbons (Fsp3) is 0.529. The van der Waals surface area contributed by atoms with Gasteiger partial charge in [-0.25, -0.2) is 0 Å². The number of aliphatic carboxylic acids is 1. The van der Waals surface area contributed by atoms with E-state index in [4.69, 9.17) is 5.11 Å². The topological polar surface area (TPSA) is 57.6 Å². The number of carbonyl (C=O) groups excluding carboxylic acids is 1. The summed E-state index contributed by atoms with van der Waals surface area (Å²) in [5, 5.41) is 8.78. The van der Waals surface area contributed by atoms with Gasteiger partial charge in [-0.1, -0.05) is 24.3 Å². The predicted octanol–water partition coefficient (Wildman–Crippen LogP) is 2.43. The largest absolute Gasteiger partial charge is 0.481 e. The summed E-state index contributed by atoms with van der Waals surface area (Å²) in [6.07, 6.45) is 3.77. The lowest BCUT2D eigenvalue weighted by Crippen LogP contribution is -2.44. The van der Waals surface area contributed by atoms with Gasteiger partial charge in [-0.05, 0) is 42.7 Å². The van der Waals surface area contributed by atoms with Gasteiger partial charge in [-0.15, -0.1) is 0 Å². The van der Waals surface area contributed by atoms with Gasteiger partial charge < -0.3 is 10.0 Å². The lowest BCUT2D eigenvalue weighted by atomic mass is 9.76. The van der Waals surface area contributed by atoms with E-state index in [-0.39, 0.29) is 18.2 Å². The normalized spacial score (nSPS) is 24.1. The molecule has 2 unspecified atom stereocenters. The van der Waals surface area contributed by atoms with Gasteiger partial charge in [-0.3, -0.25) is 9.59 Å². The van der Waals surface area contributed by atoms with Crippen molar-refractivity contribution >= 4 is 11.9 Å². The molecule has 4 heteroatoms. The minimum Gasteiger partial charge on any atom is -0.481 e. The van der Waals surface area contributed by atoms with Gasteiger partial charge in [0, 0.05) is 19.5 Å². The van der Waals surface area contributed by atoms with Crippen LogP contribution in [0.25, 0.3) is 0 Å². The number of fused-ring (bicyclic) bond motifs is 1. The van der Waals surface area contributed by atoms with E-state index in [0.29, 0.717) is 12.3 Å². The van der Waals surface area contributed by atoms with Crippen LogP contribution in [0.3, 0.4) is 0 Å². The monoisotopic (exact) mass is 287 g/mol. The van der Waals surface area contributed by atoms with E-state index in [2.05, 4.69) is 6.07 Å². The Morgan fingerprint density at radius 2 is 2.10 bits per heavy atom. The zero-order valence-electron chi connectivity index (χ0n) is 12.1. The van der Waals surface area contributed by atoms with Crippen molar-refractivity contribution in [3.8, 4) is 0 Å². The molecule has 1 aliphatic heterocycles. The first kappa shape index (κ1) is 14.1. The van der Waals surface area contributed by atoms with E-state index in [9.17, 15) is 9.59 Å². The molecule has 1 saturated heterocycles. The number of benzene rings is 1. The summed E-state index contributed by atoms with van der Waals surface area (Å²) in [6, 6.07) is 8.14. The second-order valence-corrected chi connectivity index (χ2v) is 6.18. The molecule has 0 radical (unpaired) electrons. The molecule has 21 heavy (non-hydrogen) atoms. The molecule has 1 N–H and O–H groups in total. The molecule has 0 bridgehead atoms. The van der Waals surface area contributed by atoms with E-state index in [1.807, 2.05) is 23.1 Å². The van der Waals surface area contributed by atoms with Crippen molar-refractivity contribution in [2.24, 2.45) is 5.92 Å². The summed E-state index contributed by atoms with van der Waals surface area (Å²) < 4.78 is 0. The summed E-state index contributed by atoms with van der Waals surface area (Å²) in [6.45, 7) is 1.55. The minimum atomic E-state index is -0.744. The molecule has 1 aliphatic carbocycles. The molecular formula is C17H21NO3. The Bertz CT molecular complexity index is 555. The summed E-state index contributed by atoms with van der Waals surface area (Å²) in [5.41, 5.74) is 2.46. The van der Waals surface area contributed by atoms with Crippen molar-refractivity contribution in [1.82, 2.24) is 4.90 Å². The Morgan fingerprint density at radius 3 is 2.86 bits per heavy atom. The van der Waals surface area contributed by atoms with Crippen LogP contribution in [0.5, 0.6) is 0 Å². The Balaban J connectivity index is 1.59. The fourth-order valence-electron chi connectivity index (χ4n) is 3.53. The third kappa shape index (κ3) is 2.94. The predicted molar refractivity (Wildman–Crippen MR) is 79.1 cm³/mol. The number of carboxylic acid groups (broad SMARTS) is 1. The van der Waals surface area contributed by atoms with Crippen molar-refractivity contribution in [3.63, 3.8) is 0 Å². The number of carboxylic acids is 1. The average Bonchev–Trinajstić information content (AvgIpc) is 2.46. The summed E-state index contributed by atoms with van der Waals surface area (Å²) in [4.78, 5) is 25.3. The van der Waals surface area contributed by atoms with Crippen LogP contribution in [0.15, 0.2) is 24.3 Å². The molecule has 1 aromatic carbocycles. The summed E-state index contributed by atoms with van der Waals surface area (Å²) >= 11 is 0. The first-order chi connectivity index (χ1) is 10.1. The van der Waals surface area contributed by atoms with Crippen LogP contribution in [0.1, 0.15) is 42.7 Å². The Morgan fingerprint density at radius 1 is 1.29 bits per heavy atom. The Kier molecular flexibility index (Phi) is 3.95. The van der Waals surface area contributed by atoms with Crippen LogP contribution in [-0.4, -0.2) is 35.0 Å². The van der Waals surface area contributed by atoms with E-state index >= 15 is 0 Å². The van der Waals surface area contributed by atoms with E-state index in [1.165, 1.54) is 11.1 Å². The zero-order chi connectivity index (χ0) is 14.8. The Hall–Kier alpha value is -1.84. The van der Waals surface area contributed by atoms with Gasteiger partial charge in [0.05, 0.1) is 5.92 Å². The molecule has 1 fully saturated rings. The minimum absolute atomic E-state index is 0.0272. The van der Waals surface area contributed by atoms with Crippen LogP contribution in [0.2, 0.25) is 0 Å². The highest BCUT2D eigenvalue weighted by atomic mass is 16.4. The van der Waals surface area contributed by atoms with Crippen molar-refractivity contribution < 1.29 is 14.7 Å². The quantitative estimate of drug-likeness (QED) is 0.925. The number of carbonyl (C=O) groups is 2. The van der Waals surface area contributed by atoms with E-state index in [0.717, 1.165) is 32.4 Å². The van der Waals surface area contributed by atoms with Crippen LogP contribution in [0, 0.1) is 5.92 Å². The molecule has 4 nitrogen and oxygen atoms in total. The molecule has 2 atom stereocenters. The van der Waals surface area contributed by atoms with Crippen LogP contribution >= 0.6 is 0 Å². The fourth-order valence-corrected chi connectivity index (χ4v) is 3.53. The van der Waals surface area contributed by atoms with Crippen LogP contribution < -0.4 is 0 Å². The average molecular weight is 287 g/mol. The maximum absolute atomic E-state index is 12.6. The molecule has 1 aromatic rings. The second-order valence-electron chi connectivity index (χ2n) is 6.18.